The van der Waals surface area contributed by atoms with E-state index >= 15 is 0 Å². The van der Waals surface area contributed by atoms with Crippen LogP contribution in [-0.4, -0.2) is 14.3 Å². The summed E-state index contributed by atoms with van der Waals surface area (Å²) in [6.45, 7) is 5.00. The van der Waals surface area contributed by atoms with Gasteiger partial charge in [0.05, 0.1) is 4.90 Å². The lowest BCUT2D eigenvalue weighted by Gasteiger charge is -2.19. The zero-order valence-corrected chi connectivity index (χ0v) is 15.9. The van der Waals surface area contributed by atoms with Gasteiger partial charge in [0.2, 0.25) is 15.9 Å². The molecule has 2 aromatic carbocycles. The van der Waals surface area contributed by atoms with Crippen molar-refractivity contribution < 1.29 is 13.2 Å². The number of nitrogens with one attached hydrogen (secondary N) is 2. The number of rotatable bonds is 6. The van der Waals surface area contributed by atoms with Gasteiger partial charge in [-0.05, 0) is 48.7 Å². The Kier molecular flexibility index (Phi) is 6.21. The molecule has 5 nitrogen and oxygen atoms in total. The number of carbonyl (C=O) groups excluding carboxylic acids is 1. The summed E-state index contributed by atoms with van der Waals surface area (Å²) in [5.41, 5.74) is 1.89. The molecule has 0 saturated heterocycles. The third-order valence-electron chi connectivity index (χ3n) is 3.78. The molecule has 2 N–H and O–H groups in total. The standard InChI is InChI=1S/C18H21ClN2O3S/c1-4-17(14-6-8-15(19)9-7-14)21-25(23,24)18-11-16(20-13(3)22)10-5-12(18)2/h5-11,17,21H,4H2,1-3H3,(H,20,22). The molecule has 0 spiro atoms. The molecule has 0 aliphatic rings. The monoisotopic (exact) mass is 380 g/mol. The van der Waals surface area contributed by atoms with Gasteiger partial charge in [-0.25, -0.2) is 13.1 Å². The van der Waals surface area contributed by atoms with E-state index in [1.165, 1.54) is 13.0 Å². The van der Waals surface area contributed by atoms with Crippen molar-refractivity contribution in [2.75, 3.05) is 5.32 Å². The maximum atomic E-state index is 12.9. The number of amides is 1. The third-order valence-corrected chi connectivity index (χ3v) is 5.64. The largest absolute Gasteiger partial charge is 0.326 e. The molecule has 7 heteroatoms. The number of halogens is 1. The summed E-state index contributed by atoms with van der Waals surface area (Å²) >= 11 is 5.90. The Bertz CT molecular complexity index is 864. The van der Waals surface area contributed by atoms with Gasteiger partial charge in [0.15, 0.2) is 0 Å². The van der Waals surface area contributed by atoms with Crippen LogP contribution in [0.1, 0.15) is 37.4 Å². The molecule has 1 atom stereocenters. The number of sulfonamides is 1. The van der Waals surface area contributed by atoms with E-state index in [1.807, 2.05) is 6.92 Å². The maximum Gasteiger partial charge on any atom is 0.241 e. The zero-order valence-electron chi connectivity index (χ0n) is 14.3. The van der Waals surface area contributed by atoms with Crippen LogP contribution in [0.4, 0.5) is 5.69 Å². The van der Waals surface area contributed by atoms with Crippen molar-refractivity contribution in [3.8, 4) is 0 Å². The summed E-state index contributed by atoms with van der Waals surface area (Å²) in [7, 11) is -3.75. The predicted molar refractivity (Wildman–Crippen MR) is 100 cm³/mol. The lowest BCUT2D eigenvalue weighted by molar-refractivity contribution is -0.114. The van der Waals surface area contributed by atoms with Crippen molar-refractivity contribution in [2.24, 2.45) is 0 Å². The van der Waals surface area contributed by atoms with Crippen LogP contribution in [-0.2, 0) is 14.8 Å². The van der Waals surface area contributed by atoms with Crippen LogP contribution in [0.3, 0.4) is 0 Å². The first-order valence-electron chi connectivity index (χ1n) is 7.89. The Balaban J connectivity index is 2.34. The van der Waals surface area contributed by atoms with Gasteiger partial charge in [-0.15, -0.1) is 0 Å². The molecule has 0 bridgehead atoms. The number of hydrogen-bond donors (Lipinski definition) is 2. The first kappa shape index (κ1) is 19.4. The van der Waals surface area contributed by atoms with Crippen LogP contribution in [0.15, 0.2) is 47.4 Å². The molecule has 0 radical (unpaired) electrons. The van der Waals surface area contributed by atoms with Crippen LogP contribution < -0.4 is 10.0 Å². The fraction of sp³-hybridized carbons (Fsp3) is 0.278. The zero-order chi connectivity index (χ0) is 18.6. The van der Waals surface area contributed by atoms with Crippen LogP contribution in [0, 0.1) is 6.92 Å². The fourth-order valence-corrected chi connectivity index (χ4v) is 4.21. The first-order valence-corrected chi connectivity index (χ1v) is 9.75. The van der Waals surface area contributed by atoms with Crippen LogP contribution in [0.5, 0.6) is 0 Å². The Morgan fingerprint density at radius 1 is 1.16 bits per heavy atom. The van der Waals surface area contributed by atoms with E-state index in [9.17, 15) is 13.2 Å². The van der Waals surface area contributed by atoms with Gasteiger partial charge in [-0.1, -0.05) is 36.7 Å². The van der Waals surface area contributed by atoms with E-state index in [1.54, 1.807) is 43.3 Å². The van der Waals surface area contributed by atoms with Crippen molar-refractivity contribution in [3.63, 3.8) is 0 Å². The van der Waals surface area contributed by atoms with Gasteiger partial charge in [0.1, 0.15) is 0 Å². The van der Waals surface area contributed by atoms with Gasteiger partial charge < -0.3 is 5.32 Å². The summed E-state index contributed by atoms with van der Waals surface area (Å²) < 4.78 is 28.4. The smallest absolute Gasteiger partial charge is 0.241 e. The molecule has 25 heavy (non-hydrogen) atoms. The van der Waals surface area contributed by atoms with Gasteiger partial charge in [0.25, 0.3) is 0 Å². The highest BCUT2D eigenvalue weighted by atomic mass is 35.5. The highest BCUT2D eigenvalue weighted by Crippen LogP contribution is 2.25. The number of aryl methyl sites for hydroxylation is 1. The minimum Gasteiger partial charge on any atom is -0.326 e. The number of anilines is 1. The maximum absolute atomic E-state index is 12.9. The van der Waals surface area contributed by atoms with E-state index in [2.05, 4.69) is 10.0 Å². The quantitative estimate of drug-likeness (QED) is 0.794. The predicted octanol–water partition coefficient (Wildman–Crippen LogP) is 4.04. The van der Waals surface area contributed by atoms with E-state index in [0.29, 0.717) is 22.7 Å². The van der Waals surface area contributed by atoms with Crippen molar-refractivity contribution in [1.82, 2.24) is 4.72 Å². The Hall–Kier alpha value is -1.89. The molecule has 1 amide bonds. The van der Waals surface area contributed by atoms with Crippen molar-refractivity contribution in [1.29, 1.82) is 0 Å². The van der Waals surface area contributed by atoms with Gasteiger partial charge in [0, 0.05) is 23.7 Å². The molecule has 2 rings (SSSR count). The highest BCUT2D eigenvalue weighted by molar-refractivity contribution is 7.89. The summed E-state index contributed by atoms with van der Waals surface area (Å²) in [6.07, 6.45) is 0.589. The second kappa shape index (κ2) is 7.99. The second-order valence-electron chi connectivity index (χ2n) is 5.80. The summed E-state index contributed by atoms with van der Waals surface area (Å²) in [5, 5.41) is 3.20. The third kappa shape index (κ3) is 5.04. The minimum absolute atomic E-state index is 0.145. The lowest BCUT2D eigenvalue weighted by Crippen LogP contribution is -2.29. The van der Waals surface area contributed by atoms with E-state index in [4.69, 9.17) is 11.6 Å². The topological polar surface area (TPSA) is 75.3 Å². The molecular weight excluding hydrogens is 360 g/mol. The van der Waals surface area contributed by atoms with E-state index in [-0.39, 0.29) is 16.8 Å². The van der Waals surface area contributed by atoms with Crippen LogP contribution in [0.25, 0.3) is 0 Å². The van der Waals surface area contributed by atoms with Crippen molar-refractivity contribution >= 4 is 33.2 Å². The molecule has 134 valence electrons. The Labute approximate surface area is 153 Å². The van der Waals surface area contributed by atoms with Crippen molar-refractivity contribution in [3.05, 3.63) is 58.6 Å². The molecule has 0 aliphatic heterocycles. The molecule has 0 heterocycles. The fourth-order valence-electron chi connectivity index (χ4n) is 2.50. The molecule has 0 aliphatic carbocycles. The number of hydrogen-bond acceptors (Lipinski definition) is 3. The van der Waals surface area contributed by atoms with Gasteiger partial charge in [-0.3, -0.25) is 4.79 Å². The Morgan fingerprint density at radius 3 is 2.36 bits per heavy atom. The molecule has 0 fully saturated rings. The summed E-state index contributed by atoms with van der Waals surface area (Å²) in [5.74, 6) is -0.257. The first-order chi connectivity index (χ1) is 11.7. The number of carbonyl (C=O) groups is 1. The molecular formula is C18H21ClN2O3S. The average Bonchev–Trinajstić information content (AvgIpc) is 2.55. The molecule has 0 aromatic heterocycles. The van der Waals surface area contributed by atoms with Crippen LogP contribution in [0.2, 0.25) is 5.02 Å². The highest BCUT2D eigenvalue weighted by Gasteiger charge is 2.22. The van der Waals surface area contributed by atoms with Crippen LogP contribution >= 0.6 is 11.6 Å². The SMILES string of the molecule is CCC(NS(=O)(=O)c1cc(NC(C)=O)ccc1C)c1ccc(Cl)cc1. The minimum atomic E-state index is -3.75. The van der Waals surface area contributed by atoms with E-state index < -0.39 is 10.0 Å². The van der Waals surface area contributed by atoms with Gasteiger partial charge in [-0.2, -0.15) is 0 Å². The Morgan fingerprint density at radius 2 is 1.80 bits per heavy atom. The lowest BCUT2D eigenvalue weighted by atomic mass is 10.1. The summed E-state index contributed by atoms with van der Waals surface area (Å²) in [4.78, 5) is 11.4. The molecule has 2 aromatic rings. The van der Waals surface area contributed by atoms with E-state index in [0.717, 1.165) is 5.56 Å². The number of benzene rings is 2. The second-order valence-corrected chi connectivity index (χ2v) is 7.91. The molecule has 1 unspecified atom stereocenters. The van der Waals surface area contributed by atoms with Crippen molar-refractivity contribution in [2.45, 2.75) is 38.1 Å². The molecule has 0 saturated carbocycles. The normalized spacial score (nSPS) is 12.6. The summed E-state index contributed by atoms with van der Waals surface area (Å²) in [6, 6.07) is 11.5. The van der Waals surface area contributed by atoms with Gasteiger partial charge >= 0.3 is 0 Å². The average molecular weight is 381 g/mol.